The molecule has 2 amide bonds. The number of amides is 2. The van der Waals surface area contributed by atoms with Gasteiger partial charge in [-0.15, -0.1) is 0 Å². The molecule has 0 aliphatic carbocycles. The summed E-state index contributed by atoms with van der Waals surface area (Å²) in [6, 6.07) is 16.6. The lowest BCUT2D eigenvalue weighted by Crippen LogP contribution is -2.51. The van der Waals surface area contributed by atoms with Gasteiger partial charge in [-0.1, -0.05) is 59.1 Å². The molecule has 1 N–H and O–H groups in total. The first kappa shape index (κ1) is 29.8. The molecule has 0 radical (unpaired) electrons. The molecule has 3 aromatic carbocycles. The number of nitrogens with one attached hydrogen (secondary N) is 1. The van der Waals surface area contributed by atoms with Gasteiger partial charge in [0.25, 0.3) is 10.0 Å². The van der Waals surface area contributed by atoms with Gasteiger partial charge in [-0.2, -0.15) is 0 Å². The van der Waals surface area contributed by atoms with Gasteiger partial charge in [-0.3, -0.25) is 13.9 Å². The fourth-order valence-electron chi connectivity index (χ4n) is 3.87. The van der Waals surface area contributed by atoms with Crippen LogP contribution in [0, 0.1) is 6.92 Å². The van der Waals surface area contributed by atoms with Crippen molar-refractivity contribution in [2.45, 2.75) is 38.3 Å². The highest BCUT2D eigenvalue weighted by atomic mass is 35.5. The van der Waals surface area contributed by atoms with Crippen molar-refractivity contribution in [1.29, 1.82) is 0 Å². The summed E-state index contributed by atoms with van der Waals surface area (Å²) in [5.41, 5.74) is 1.49. The van der Waals surface area contributed by atoms with E-state index in [0.29, 0.717) is 38.4 Å². The van der Waals surface area contributed by atoms with Crippen molar-refractivity contribution >= 4 is 62.3 Å². The van der Waals surface area contributed by atoms with Gasteiger partial charge in [-0.05, 0) is 74.4 Å². The number of likely N-dealkylation sites (N-methyl/N-ethyl adjacent to an activating group) is 1. The van der Waals surface area contributed by atoms with Gasteiger partial charge in [0, 0.05) is 18.1 Å². The van der Waals surface area contributed by atoms with Crippen LogP contribution in [0.4, 0.5) is 5.69 Å². The molecule has 0 saturated carbocycles. The lowest BCUT2D eigenvalue weighted by atomic mass is 10.1. The van der Waals surface area contributed by atoms with Crippen LogP contribution in [0.2, 0.25) is 15.1 Å². The van der Waals surface area contributed by atoms with E-state index < -0.39 is 28.5 Å². The summed E-state index contributed by atoms with van der Waals surface area (Å²) in [7, 11) is -4.16. The standard InChI is InChI=1S/C27H28Cl3N3O4S/c1-4-31-27(35)19(3)32(16-20-10-12-23(29)24(30)15-20)26(34)17-33(25-13-11-21(28)14-18(25)2)38(36,37)22-8-6-5-7-9-22/h5-15,19H,4,16-17H2,1-3H3,(H,31,35). The third-order valence-corrected chi connectivity index (χ3v) is 8.64. The molecule has 7 nitrogen and oxygen atoms in total. The van der Waals surface area contributed by atoms with Gasteiger partial charge in [0.05, 0.1) is 20.6 Å². The molecule has 0 aliphatic heterocycles. The number of carbonyl (C=O) groups excluding carboxylic acids is 2. The molecule has 0 aliphatic rings. The first-order valence-corrected chi connectivity index (χ1v) is 14.4. The van der Waals surface area contributed by atoms with E-state index in [0.717, 1.165) is 4.31 Å². The van der Waals surface area contributed by atoms with Gasteiger partial charge < -0.3 is 10.2 Å². The Bertz CT molecular complexity index is 1420. The second-order valence-corrected chi connectivity index (χ2v) is 11.7. The van der Waals surface area contributed by atoms with Crippen LogP contribution < -0.4 is 9.62 Å². The SMILES string of the molecule is CCNC(=O)C(C)N(Cc1ccc(Cl)c(Cl)c1)C(=O)CN(c1ccc(Cl)cc1C)S(=O)(=O)c1ccccc1. The van der Waals surface area contributed by atoms with E-state index in [-0.39, 0.29) is 17.3 Å². The molecule has 0 heterocycles. The van der Waals surface area contributed by atoms with Crippen molar-refractivity contribution in [3.05, 3.63) is 92.9 Å². The highest BCUT2D eigenvalue weighted by Gasteiger charge is 2.33. The predicted molar refractivity (Wildman–Crippen MR) is 152 cm³/mol. The average Bonchev–Trinajstić information content (AvgIpc) is 2.88. The largest absolute Gasteiger partial charge is 0.355 e. The Morgan fingerprint density at radius 3 is 2.24 bits per heavy atom. The molecular weight excluding hydrogens is 569 g/mol. The zero-order valence-electron chi connectivity index (χ0n) is 21.1. The van der Waals surface area contributed by atoms with E-state index in [9.17, 15) is 18.0 Å². The average molecular weight is 597 g/mol. The van der Waals surface area contributed by atoms with Gasteiger partial charge in [-0.25, -0.2) is 8.42 Å². The number of carbonyl (C=O) groups is 2. The number of anilines is 1. The minimum atomic E-state index is -4.16. The molecule has 38 heavy (non-hydrogen) atoms. The lowest BCUT2D eigenvalue weighted by molar-refractivity contribution is -0.139. The number of rotatable bonds is 10. The fourth-order valence-corrected chi connectivity index (χ4v) is 5.92. The zero-order valence-corrected chi connectivity index (χ0v) is 24.2. The summed E-state index contributed by atoms with van der Waals surface area (Å²) in [6.07, 6.45) is 0. The van der Waals surface area contributed by atoms with Crippen molar-refractivity contribution in [2.24, 2.45) is 0 Å². The monoisotopic (exact) mass is 595 g/mol. The van der Waals surface area contributed by atoms with Crippen molar-refractivity contribution < 1.29 is 18.0 Å². The highest BCUT2D eigenvalue weighted by Crippen LogP contribution is 2.30. The van der Waals surface area contributed by atoms with Crippen LogP contribution in [0.5, 0.6) is 0 Å². The molecular formula is C27H28Cl3N3O4S. The maximum Gasteiger partial charge on any atom is 0.264 e. The molecule has 0 spiro atoms. The van der Waals surface area contributed by atoms with Gasteiger partial charge in [0.1, 0.15) is 12.6 Å². The number of hydrogen-bond donors (Lipinski definition) is 1. The number of aryl methyl sites for hydroxylation is 1. The second kappa shape index (κ2) is 12.8. The van der Waals surface area contributed by atoms with E-state index in [2.05, 4.69) is 5.32 Å². The van der Waals surface area contributed by atoms with Crippen LogP contribution in [0.1, 0.15) is 25.0 Å². The van der Waals surface area contributed by atoms with Crippen LogP contribution >= 0.6 is 34.8 Å². The smallest absolute Gasteiger partial charge is 0.264 e. The molecule has 0 fully saturated rings. The van der Waals surface area contributed by atoms with Crippen molar-refractivity contribution in [3.8, 4) is 0 Å². The Kier molecular flexibility index (Phi) is 10.1. The van der Waals surface area contributed by atoms with Crippen LogP contribution in [-0.2, 0) is 26.2 Å². The summed E-state index contributed by atoms with van der Waals surface area (Å²) in [6.45, 7) is 4.90. The predicted octanol–water partition coefficient (Wildman–Crippen LogP) is 5.70. The molecule has 3 aromatic rings. The van der Waals surface area contributed by atoms with Crippen LogP contribution in [-0.4, -0.2) is 44.3 Å². The Hall–Kier alpha value is -2.78. The molecule has 11 heteroatoms. The quantitative estimate of drug-likeness (QED) is 0.325. The Balaban J connectivity index is 2.06. The lowest BCUT2D eigenvalue weighted by Gasteiger charge is -2.32. The van der Waals surface area contributed by atoms with Crippen molar-refractivity contribution in [2.75, 3.05) is 17.4 Å². The first-order valence-electron chi connectivity index (χ1n) is 11.8. The summed E-state index contributed by atoms with van der Waals surface area (Å²) in [5, 5.41) is 3.80. The number of hydrogen-bond acceptors (Lipinski definition) is 4. The molecule has 202 valence electrons. The second-order valence-electron chi connectivity index (χ2n) is 8.60. The Morgan fingerprint density at radius 1 is 0.947 bits per heavy atom. The molecule has 1 unspecified atom stereocenters. The van der Waals surface area contributed by atoms with Gasteiger partial charge in [0.15, 0.2) is 0 Å². The van der Waals surface area contributed by atoms with E-state index >= 15 is 0 Å². The van der Waals surface area contributed by atoms with Crippen molar-refractivity contribution in [3.63, 3.8) is 0 Å². The highest BCUT2D eigenvalue weighted by molar-refractivity contribution is 7.92. The van der Waals surface area contributed by atoms with Gasteiger partial charge in [0.2, 0.25) is 11.8 Å². The molecule has 1 atom stereocenters. The molecule has 3 rings (SSSR count). The minimum absolute atomic E-state index is 0.00679. The summed E-state index contributed by atoms with van der Waals surface area (Å²) >= 11 is 18.3. The number of benzene rings is 3. The molecule has 0 aromatic heterocycles. The zero-order chi connectivity index (χ0) is 28.0. The van der Waals surface area contributed by atoms with E-state index in [1.165, 1.54) is 17.0 Å². The minimum Gasteiger partial charge on any atom is -0.355 e. The maximum atomic E-state index is 13.8. The topological polar surface area (TPSA) is 86.8 Å². The molecule has 0 saturated heterocycles. The Labute approximate surface area is 238 Å². The van der Waals surface area contributed by atoms with E-state index in [4.69, 9.17) is 34.8 Å². The third-order valence-electron chi connectivity index (χ3n) is 5.89. The summed E-state index contributed by atoms with van der Waals surface area (Å²) < 4.78 is 28.6. The summed E-state index contributed by atoms with van der Waals surface area (Å²) in [5.74, 6) is -0.954. The summed E-state index contributed by atoms with van der Waals surface area (Å²) in [4.78, 5) is 28.0. The van der Waals surface area contributed by atoms with E-state index in [1.54, 1.807) is 75.4 Å². The number of halogens is 3. The normalized spacial score (nSPS) is 12.1. The fraction of sp³-hybridized carbons (Fsp3) is 0.259. The van der Waals surface area contributed by atoms with Crippen LogP contribution in [0.15, 0.2) is 71.6 Å². The number of nitrogens with zero attached hydrogens (tertiary/aromatic N) is 2. The van der Waals surface area contributed by atoms with Gasteiger partial charge >= 0.3 is 0 Å². The van der Waals surface area contributed by atoms with E-state index in [1.807, 2.05) is 0 Å². The number of sulfonamides is 1. The third kappa shape index (κ3) is 6.99. The van der Waals surface area contributed by atoms with Crippen LogP contribution in [0.3, 0.4) is 0 Å². The van der Waals surface area contributed by atoms with Crippen molar-refractivity contribution in [1.82, 2.24) is 10.2 Å². The molecule has 0 bridgehead atoms. The first-order chi connectivity index (χ1) is 17.9. The van der Waals surface area contributed by atoms with Crippen LogP contribution in [0.25, 0.3) is 0 Å². The maximum absolute atomic E-state index is 13.8. The Morgan fingerprint density at radius 2 is 1.63 bits per heavy atom.